The van der Waals surface area contributed by atoms with Crippen molar-refractivity contribution in [3.05, 3.63) is 0 Å². The lowest BCUT2D eigenvalue weighted by atomic mass is 9.95. The van der Waals surface area contributed by atoms with Gasteiger partial charge in [0.25, 0.3) is 0 Å². The van der Waals surface area contributed by atoms with E-state index in [1.807, 2.05) is 0 Å². The predicted octanol–water partition coefficient (Wildman–Crippen LogP) is 2.66. The zero-order valence-corrected chi connectivity index (χ0v) is 8.42. The minimum absolute atomic E-state index is 0.957. The lowest BCUT2D eigenvalue weighted by molar-refractivity contribution is 0.138. The third-order valence-electron chi connectivity index (χ3n) is 3.83. The van der Waals surface area contributed by atoms with Crippen molar-refractivity contribution in [2.45, 2.75) is 58.0 Å². The molecule has 2 rings (SSSR count). The van der Waals surface area contributed by atoms with Gasteiger partial charge in [0.15, 0.2) is 0 Å². The standard InChI is InChI=1S/C11H21N/c1-3-5-11-9-6-7-10(8-9)12(11)4-2/h9-11H,3-8H2,1-2H3. The number of hydrogen-bond donors (Lipinski definition) is 0. The second-order valence-electron chi connectivity index (χ2n) is 4.41. The predicted molar refractivity (Wildman–Crippen MR) is 52.2 cm³/mol. The highest BCUT2D eigenvalue weighted by molar-refractivity contribution is 4.98. The monoisotopic (exact) mass is 167 g/mol. The molecule has 3 atom stereocenters. The normalized spacial score (nSPS) is 41.0. The van der Waals surface area contributed by atoms with Crippen LogP contribution in [0.2, 0.25) is 0 Å². The first-order chi connectivity index (χ1) is 5.86. The molecular formula is C11H21N. The summed E-state index contributed by atoms with van der Waals surface area (Å²) in [5.74, 6) is 1.06. The zero-order valence-electron chi connectivity index (χ0n) is 8.42. The maximum Gasteiger partial charge on any atom is 0.0127 e. The van der Waals surface area contributed by atoms with Crippen molar-refractivity contribution < 1.29 is 0 Å². The number of fused-ring (bicyclic) bond motifs is 2. The summed E-state index contributed by atoms with van der Waals surface area (Å²) in [6.45, 7) is 5.93. The molecule has 1 nitrogen and oxygen atoms in total. The average Bonchev–Trinajstić information content (AvgIpc) is 2.64. The van der Waals surface area contributed by atoms with Gasteiger partial charge in [0, 0.05) is 12.1 Å². The van der Waals surface area contributed by atoms with Crippen LogP contribution in [0, 0.1) is 5.92 Å². The number of rotatable bonds is 3. The molecule has 1 aliphatic carbocycles. The Hall–Kier alpha value is -0.0400. The molecule has 1 heteroatoms. The van der Waals surface area contributed by atoms with Gasteiger partial charge in [-0.1, -0.05) is 20.3 Å². The van der Waals surface area contributed by atoms with E-state index in [9.17, 15) is 0 Å². The van der Waals surface area contributed by atoms with Gasteiger partial charge in [0.1, 0.15) is 0 Å². The van der Waals surface area contributed by atoms with Crippen molar-refractivity contribution in [2.24, 2.45) is 5.92 Å². The molecule has 0 N–H and O–H groups in total. The van der Waals surface area contributed by atoms with Gasteiger partial charge in [-0.2, -0.15) is 0 Å². The maximum atomic E-state index is 2.76. The lowest BCUT2D eigenvalue weighted by Crippen LogP contribution is -2.40. The Kier molecular flexibility index (Phi) is 2.40. The smallest absolute Gasteiger partial charge is 0.0127 e. The van der Waals surface area contributed by atoms with Gasteiger partial charge in [-0.3, -0.25) is 4.90 Å². The molecule has 2 aliphatic rings. The summed E-state index contributed by atoms with van der Waals surface area (Å²) >= 11 is 0. The molecule has 1 heterocycles. The highest BCUT2D eigenvalue weighted by Gasteiger charge is 2.43. The molecule has 1 saturated carbocycles. The first-order valence-corrected chi connectivity index (χ1v) is 5.62. The Morgan fingerprint density at radius 3 is 2.75 bits per heavy atom. The third kappa shape index (κ3) is 1.19. The molecule has 0 radical (unpaired) electrons. The van der Waals surface area contributed by atoms with Crippen molar-refractivity contribution >= 4 is 0 Å². The molecule has 0 amide bonds. The summed E-state index contributed by atoms with van der Waals surface area (Å²) in [5.41, 5.74) is 0. The van der Waals surface area contributed by atoms with Crippen LogP contribution in [-0.4, -0.2) is 23.5 Å². The third-order valence-corrected chi connectivity index (χ3v) is 3.83. The first kappa shape index (κ1) is 8.55. The van der Waals surface area contributed by atoms with Crippen LogP contribution in [0.15, 0.2) is 0 Å². The lowest BCUT2D eigenvalue weighted by Gasteiger charge is -2.34. The van der Waals surface area contributed by atoms with Gasteiger partial charge in [-0.05, 0) is 38.1 Å². The molecule has 3 unspecified atom stereocenters. The van der Waals surface area contributed by atoms with Crippen molar-refractivity contribution in [1.82, 2.24) is 4.90 Å². The molecule has 70 valence electrons. The van der Waals surface area contributed by atoms with Crippen molar-refractivity contribution in [3.63, 3.8) is 0 Å². The average molecular weight is 167 g/mol. The largest absolute Gasteiger partial charge is 0.297 e. The molecule has 0 spiro atoms. The molecule has 0 aromatic heterocycles. The van der Waals surface area contributed by atoms with Gasteiger partial charge in [0.2, 0.25) is 0 Å². The molecule has 0 aromatic carbocycles. The first-order valence-electron chi connectivity index (χ1n) is 5.62. The molecule has 0 aromatic rings. The Morgan fingerprint density at radius 2 is 2.08 bits per heavy atom. The quantitative estimate of drug-likeness (QED) is 0.624. The van der Waals surface area contributed by atoms with Gasteiger partial charge in [0.05, 0.1) is 0 Å². The van der Waals surface area contributed by atoms with E-state index in [2.05, 4.69) is 18.7 Å². The summed E-state index contributed by atoms with van der Waals surface area (Å²) in [6, 6.07) is 1.93. The van der Waals surface area contributed by atoms with Gasteiger partial charge in [-0.15, -0.1) is 0 Å². The van der Waals surface area contributed by atoms with E-state index in [1.54, 1.807) is 0 Å². The van der Waals surface area contributed by atoms with Crippen LogP contribution in [0.4, 0.5) is 0 Å². The van der Waals surface area contributed by atoms with Gasteiger partial charge < -0.3 is 0 Å². The van der Waals surface area contributed by atoms with Crippen molar-refractivity contribution in [3.8, 4) is 0 Å². The van der Waals surface area contributed by atoms with Crippen molar-refractivity contribution in [2.75, 3.05) is 6.54 Å². The summed E-state index contributed by atoms with van der Waals surface area (Å²) < 4.78 is 0. The molecule has 2 fully saturated rings. The number of hydrogen-bond acceptors (Lipinski definition) is 1. The van der Waals surface area contributed by atoms with Crippen LogP contribution < -0.4 is 0 Å². The zero-order chi connectivity index (χ0) is 8.55. The minimum atomic E-state index is 0.957. The minimum Gasteiger partial charge on any atom is -0.297 e. The topological polar surface area (TPSA) is 3.24 Å². The molecule has 1 aliphatic heterocycles. The highest BCUT2D eigenvalue weighted by atomic mass is 15.2. The van der Waals surface area contributed by atoms with E-state index in [0.717, 1.165) is 18.0 Å². The van der Waals surface area contributed by atoms with E-state index < -0.39 is 0 Å². The Bertz CT molecular complexity index is 155. The van der Waals surface area contributed by atoms with Crippen LogP contribution in [0.3, 0.4) is 0 Å². The van der Waals surface area contributed by atoms with E-state index in [-0.39, 0.29) is 0 Å². The van der Waals surface area contributed by atoms with E-state index in [4.69, 9.17) is 0 Å². The summed E-state index contributed by atoms with van der Waals surface area (Å²) in [5, 5.41) is 0. The van der Waals surface area contributed by atoms with E-state index in [1.165, 1.54) is 38.6 Å². The van der Waals surface area contributed by atoms with Crippen LogP contribution >= 0.6 is 0 Å². The fourth-order valence-corrected chi connectivity index (χ4v) is 3.37. The van der Waals surface area contributed by atoms with Crippen LogP contribution in [0.5, 0.6) is 0 Å². The Balaban J connectivity index is 2.01. The number of nitrogens with zero attached hydrogens (tertiary/aromatic N) is 1. The maximum absolute atomic E-state index is 2.76. The second-order valence-corrected chi connectivity index (χ2v) is 4.41. The molecule has 1 saturated heterocycles. The Labute approximate surface area is 76.1 Å². The summed E-state index contributed by atoms with van der Waals surface area (Å²) in [7, 11) is 0. The molecule has 2 bridgehead atoms. The highest BCUT2D eigenvalue weighted by Crippen LogP contribution is 2.43. The Morgan fingerprint density at radius 1 is 1.25 bits per heavy atom. The summed E-state index contributed by atoms with van der Waals surface area (Å²) in [6.07, 6.45) is 7.32. The van der Waals surface area contributed by atoms with Crippen LogP contribution in [-0.2, 0) is 0 Å². The molecular weight excluding hydrogens is 146 g/mol. The van der Waals surface area contributed by atoms with Gasteiger partial charge >= 0.3 is 0 Å². The molecule has 12 heavy (non-hydrogen) atoms. The summed E-state index contributed by atoms with van der Waals surface area (Å²) in [4.78, 5) is 2.76. The van der Waals surface area contributed by atoms with E-state index in [0.29, 0.717) is 0 Å². The fourth-order valence-electron chi connectivity index (χ4n) is 3.37. The number of piperidine rings is 1. The SMILES string of the molecule is CCCC1C2CCC(C2)N1CC. The van der Waals surface area contributed by atoms with Crippen LogP contribution in [0.1, 0.15) is 46.0 Å². The second kappa shape index (κ2) is 3.37. The number of likely N-dealkylation sites (tertiary alicyclic amines) is 1. The van der Waals surface area contributed by atoms with Crippen molar-refractivity contribution in [1.29, 1.82) is 0 Å². The fraction of sp³-hybridized carbons (Fsp3) is 1.00. The van der Waals surface area contributed by atoms with Crippen LogP contribution in [0.25, 0.3) is 0 Å². The van der Waals surface area contributed by atoms with E-state index >= 15 is 0 Å². The van der Waals surface area contributed by atoms with Gasteiger partial charge in [-0.25, -0.2) is 0 Å².